The van der Waals surface area contributed by atoms with Crippen LogP contribution in [0.1, 0.15) is 88.1 Å². The predicted octanol–water partition coefficient (Wildman–Crippen LogP) is 9.53. The van der Waals surface area contributed by atoms with E-state index in [4.69, 9.17) is 4.74 Å². The summed E-state index contributed by atoms with van der Waals surface area (Å²) in [5.41, 5.74) is 2.69. The van der Waals surface area contributed by atoms with Gasteiger partial charge in [-0.15, -0.1) is 6.58 Å². The minimum Gasteiger partial charge on any atom is -0.494 e. The molecule has 0 spiro atoms. The van der Waals surface area contributed by atoms with Crippen LogP contribution in [0.15, 0.2) is 61.2 Å². The molecule has 2 aliphatic rings. The summed E-state index contributed by atoms with van der Waals surface area (Å²) >= 11 is 0. The molecule has 4 atom stereocenters. The van der Waals surface area contributed by atoms with E-state index < -0.39 is 17.3 Å². The second kappa shape index (κ2) is 15.4. The lowest BCUT2D eigenvalue weighted by molar-refractivity contribution is -0.137. The highest BCUT2D eigenvalue weighted by Crippen LogP contribution is 2.48. The highest BCUT2D eigenvalue weighted by Gasteiger charge is 2.48. The molecule has 5 rings (SSSR count). The first-order valence-electron chi connectivity index (χ1n) is 15.9. The average molecular weight is 613 g/mol. The van der Waals surface area contributed by atoms with Crippen molar-refractivity contribution in [3.63, 3.8) is 0 Å². The molecule has 1 aromatic heterocycles. The highest BCUT2D eigenvalue weighted by molar-refractivity contribution is 5.81. The standard InChI is InChI=1S/C22H32F3NO2.C11H11N.C4H8/c1-15-8-18(22(23,24)25)10-19(9-15)28-6-4-5-26-20(3)12-17-7-16(2)11-21(27,13-17)14-20;1-8-7-9(2)12-11-6-4-3-5-10(8)11;1-3-4-2/h8-10,16-17,26-27H,4-7,11-14H2,1-3H3;3-7H,1-2H3;3H,1,4H2,2H3. The molecule has 2 bridgehead atoms. The average Bonchev–Trinajstić information content (AvgIpc) is 2.91. The number of hydrogen-bond acceptors (Lipinski definition) is 4. The van der Waals surface area contributed by atoms with Crippen LogP contribution >= 0.6 is 0 Å². The molecule has 4 nitrogen and oxygen atoms in total. The zero-order valence-corrected chi connectivity index (χ0v) is 27.4. The van der Waals surface area contributed by atoms with Crippen LogP contribution in [0.3, 0.4) is 0 Å². The summed E-state index contributed by atoms with van der Waals surface area (Å²) < 4.78 is 44.3. The summed E-state index contributed by atoms with van der Waals surface area (Å²) in [5, 5.41) is 15.8. The highest BCUT2D eigenvalue weighted by atomic mass is 19.4. The molecule has 7 heteroatoms. The number of rotatable bonds is 7. The van der Waals surface area contributed by atoms with E-state index in [9.17, 15) is 18.3 Å². The van der Waals surface area contributed by atoms with E-state index >= 15 is 0 Å². The predicted molar refractivity (Wildman–Crippen MR) is 175 cm³/mol. The van der Waals surface area contributed by atoms with Gasteiger partial charge in [-0.3, -0.25) is 4.98 Å². The lowest BCUT2D eigenvalue weighted by Crippen LogP contribution is -2.57. The van der Waals surface area contributed by atoms with Crippen LogP contribution in [-0.4, -0.2) is 34.4 Å². The number of nitrogens with one attached hydrogen (secondary N) is 1. The molecule has 0 amide bonds. The van der Waals surface area contributed by atoms with Crippen LogP contribution in [0.5, 0.6) is 5.75 Å². The lowest BCUT2D eigenvalue weighted by Gasteiger charge is -2.52. The Kier molecular flexibility index (Phi) is 12.4. The molecule has 44 heavy (non-hydrogen) atoms. The first-order chi connectivity index (χ1) is 20.6. The monoisotopic (exact) mass is 612 g/mol. The van der Waals surface area contributed by atoms with Crippen LogP contribution in [0.25, 0.3) is 10.9 Å². The Morgan fingerprint density at radius 3 is 2.45 bits per heavy atom. The van der Waals surface area contributed by atoms with Gasteiger partial charge in [0.2, 0.25) is 0 Å². The number of benzene rings is 2. The van der Waals surface area contributed by atoms with E-state index in [1.165, 1.54) is 17.4 Å². The molecular formula is C37H51F3N2O2. The molecule has 0 aliphatic heterocycles. The molecule has 3 aromatic rings. The summed E-state index contributed by atoms with van der Waals surface area (Å²) in [4.78, 5) is 4.44. The van der Waals surface area contributed by atoms with E-state index in [2.05, 4.69) is 62.8 Å². The summed E-state index contributed by atoms with van der Waals surface area (Å²) in [6.45, 7) is 16.8. The van der Waals surface area contributed by atoms with Gasteiger partial charge in [0.25, 0.3) is 0 Å². The largest absolute Gasteiger partial charge is 0.494 e. The number of pyridine rings is 1. The van der Waals surface area contributed by atoms with Gasteiger partial charge >= 0.3 is 6.18 Å². The smallest absolute Gasteiger partial charge is 0.416 e. The number of ether oxygens (including phenoxy) is 1. The molecule has 242 valence electrons. The van der Waals surface area contributed by atoms with Crippen LogP contribution in [0.4, 0.5) is 13.2 Å². The Morgan fingerprint density at radius 2 is 1.80 bits per heavy atom. The Hall–Kier alpha value is -2.90. The van der Waals surface area contributed by atoms with Crippen molar-refractivity contribution in [2.75, 3.05) is 13.2 Å². The third kappa shape index (κ3) is 10.6. The zero-order chi connectivity index (χ0) is 32.5. The van der Waals surface area contributed by atoms with Crippen LogP contribution in [0, 0.1) is 32.6 Å². The number of aromatic nitrogens is 1. The van der Waals surface area contributed by atoms with E-state index in [-0.39, 0.29) is 11.3 Å². The third-order valence-electron chi connectivity index (χ3n) is 8.45. The Morgan fingerprint density at radius 1 is 1.09 bits per heavy atom. The number of nitrogens with zero attached hydrogens (tertiary/aromatic N) is 1. The van der Waals surface area contributed by atoms with Crippen molar-refractivity contribution >= 4 is 10.9 Å². The molecule has 2 N–H and O–H groups in total. The second-order valence-corrected chi connectivity index (χ2v) is 13.2. The fourth-order valence-electron chi connectivity index (χ4n) is 7.04. The van der Waals surface area contributed by atoms with Crippen LogP contribution in [-0.2, 0) is 6.18 Å². The number of para-hydroxylation sites is 1. The van der Waals surface area contributed by atoms with E-state index in [0.717, 1.165) is 55.4 Å². The van der Waals surface area contributed by atoms with Gasteiger partial charge in [-0.2, -0.15) is 13.2 Å². The maximum atomic E-state index is 12.9. The maximum Gasteiger partial charge on any atom is 0.416 e. The van der Waals surface area contributed by atoms with Crippen molar-refractivity contribution in [1.29, 1.82) is 0 Å². The van der Waals surface area contributed by atoms with Gasteiger partial charge in [-0.05, 0) is 132 Å². The Bertz CT molecular complexity index is 1370. The number of aliphatic hydroxyl groups is 1. The summed E-state index contributed by atoms with van der Waals surface area (Å²) in [5.74, 6) is 1.40. The van der Waals surface area contributed by atoms with Crippen molar-refractivity contribution in [1.82, 2.24) is 10.3 Å². The Balaban J connectivity index is 0.000000271. The fourth-order valence-corrected chi connectivity index (χ4v) is 7.04. The normalized spacial score (nSPS) is 24.4. The van der Waals surface area contributed by atoms with Gasteiger partial charge in [0.05, 0.1) is 23.3 Å². The van der Waals surface area contributed by atoms with Crippen molar-refractivity contribution < 1.29 is 23.0 Å². The van der Waals surface area contributed by atoms with E-state index in [1.54, 1.807) is 13.0 Å². The van der Waals surface area contributed by atoms with Crippen molar-refractivity contribution in [2.45, 2.75) is 104 Å². The fraction of sp³-hybridized carbons (Fsp3) is 0.541. The van der Waals surface area contributed by atoms with Gasteiger partial charge in [-0.25, -0.2) is 0 Å². The minimum absolute atomic E-state index is 0.0927. The van der Waals surface area contributed by atoms with Crippen LogP contribution in [0.2, 0.25) is 0 Å². The number of fused-ring (bicyclic) bond motifs is 3. The second-order valence-electron chi connectivity index (χ2n) is 13.2. The molecule has 2 fully saturated rings. The SMILES string of the molecule is C=CCC.Cc1cc(C)c2ccccc2n1.Cc1cc(OCCCNC2(C)CC3CC(C)CC(O)(C3)C2)cc(C(F)(F)F)c1. The number of hydrogen-bond donors (Lipinski definition) is 2. The van der Waals surface area contributed by atoms with Gasteiger partial charge in [0.1, 0.15) is 5.75 Å². The maximum absolute atomic E-state index is 12.9. The van der Waals surface area contributed by atoms with Gasteiger partial charge in [0.15, 0.2) is 0 Å². The summed E-state index contributed by atoms with van der Waals surface area (Å²) in [6.07, 6.45) is 4.08. The topological polar surface area (TPSA) is 54.4 Å². The molecule has 2 aromatic carbocycles. The molecule has 0 saturated heterocycles. The van der Waals surface area contributed by atoms with E-state index in [0.29, 0.717) is 37.0 Å². The minimum atomic E-state index is -4.36. The van der Waals surface area contributed by atoms with Crippen molar-refractivity contribution in [2.24, 2.45) is 11.8 Å². The molecule has 1 heterocycles. The van der Waals surface area contributed by atoms with Gasteiger partial charge in [0, 0.05) is 16.6 Å². The lowest BCUT2D eigenvalue weighted by atomic mass is 9.60. The summed E-state index contributed by atoms with van der Waals surface area (Å²) in [6, 6.07) is 14.2. The van der Waals surface area contributed by atoms with Crippen molar-refractivity contribution in [3.05, 3.63) is 83.6 Å². The molecule has 2 saturated carbocycles. The molecule has 2 aliphatic carbocycles. The number of allylic oxidation sites excluding steroid dienone is 1. The first kappa shape index (κ1) is 35.6. The number of halogens is 3. The number of alkyl halides is 3. The third-order valence-corrected chi connectivity index (χ3v) is 8.45. The number of aryl methyl sites for hydroxylation is 3. The first-order valence-corrected chi connectivity index (χ1v) is 15.9. The van der Waals surface area contributed by atoms with Gasteiger partial charge < -0.3 is 15.2 Å². The van der Waals surface area contributed by atoms with E-state index in [1.807, 2.05) is 25.1 Å². The molecule has 4 unspecified atom stereocenters. The molecular weight excluding hydrogens is 561 g/mol. The van der Waals surface area contributed by atoms with Gasteiger partial charge in [-0.1, -0.05) is 38.1 Å². The van der Waals surface area contributed by atoms with Crippen molar-refractivity contribution in [3.8, 4) is 5.75 Å². The quantitative estimate of drug-likeness (QED) is 0.206. The zero-order valence-electron chi connectivity index (χ0n) is 27.4. The Labute approximate surface area is 262 Å². The molecule has 0 radical (unpaired) electrons. The summed E-state index contributed by atoms with van der Waals surface area (Å²) in [7, 11) is 0. The van der Waals surface area contributed by atoms with Crippen LogP contribution < -0.4 is 10.1 Å².